The lowest BCUT2D eigenvalue weighted by atomic mass is 10.1. The fourth-order valence-electron chi connectivity index (χ4n) is 3.03. The maximum Gasteiger partial charge on any atom is 0.261 e. The summed E-state index contributed by atoms with van der Waals surface area (Å²) in [6, 6.07) is 0.178. The highest BCUT2D eigenvalue weighted by molar-refractivity contribution is 5.85. The third-order valence-corrected chi connectivity index (χ3v) is 4.43. The molecule has 3 heterocycles. The molecule has 0 bridgehead atoms. The van der Waals surface area contributed by atoms with Crippen LogP contribution in [0, 0.1) is 0 Å². The van der Waals surface area contributed by atoms with Gasteiger partial charge in [-0.1, -0.05) is 5.16 Å². The number of aryl methyl sites for hydroxylation is 1. The summed E-state index contributed by atoms with van der Waals surface area (Å²) in [6.45, 7) is 2.86. The molecule has 1 N–H and O–H groups in total. The first-order chi connectivity index (χ1) is 10.2. The molecule has 8 heteroatoms. The zero-order valence-electron chi connectivity index (χ0n) is 12.8. The van der Waals surface area contributed by atoms with Gasteiger partial charge >= 0.3 is 0 Å². The van der Waals surface area contributed by atoms with E-state index in [0.717, 1.165) is 31.0 Å². The van der Waals surface area contributed by atoms with Crippen molar-refractivity contribution >= 4 is 12.4 Å². The molecule has 0 radical (unpaired) electrons. The van der Waals surface area contributed by atoms with E-state index in [1.807, 2.05) is 17.9 Å². The molecule has 1 atom stereocenters. The molecule has 2 aromatic heterocycles. The Labute approximate surface area is 135 Å². The first-order valence-corrected chi connectivity index (χ1v) is 7.51. The summed E-state index contributed by atoms with van der Waals surface area (Å²) in [7, 11) is 4.08. The van der Waals surface area contributed by atoms with Crippen LogP contribution in [0.2, 0.25) is 0 Å². The van der Waals surface area contributed by atoms with Gasteiger partial charge in [-0.25, -0.2) is 0 Å². The van der Waals surface area contributed by atoms with Crippen LogP contribution in [-0.4, -0.2) is 51.5 Å². The second kappa shape index (κ2) is 5.98. The maximum absolute atomic E-state index is 5.52. The number of likely N-dealkylation sites (N-methyl/N-ethyl adjacent to an activating group) is 1. The van der Waals surface area contributed by atoms with Crippen molar-refractivity contribution in [1.29, 1.82) is 0 Å². The summed E-state index contributed by atoms with van der Waals surface area (Å²) in [4.78, 5) is 6.89. The Hall–Kier alpha value is -1.44. The number of aromatic nitrogens is 4. The Morgan fingerprint density at radius 1 is 1.32 bits per heavy atom. The molecular formula is C14H21ClN6O. The predicted molar refractivity (Wildman–Crippen MR) is 84.0 cm³/mol. The van der Waals surface area contributed by atoms with Crippen molar-refractivity contribution < 1.29 is 4.52 Å². The molecule has 1 unspecified atom stereocenters. The SMILES string of the molecule is CN1CCNCC1c1noc(-c2cnn(C)c2C2CC2)n1.Cl. The van der Waals surface area contributed by atoms with Gasteiger partial charge in [-0.15, -0.1) is 12.4 Å². The molecule has 4 rings (SSSR count). The van der Waals surface area contributed by atoms with E-state index in [4.69, 9.17) is 4.52 Å². The fourth-order valence-corrected chi connectivity index (χ4v) is 3.03. The van der Waals surface area contributed by atoms with E-state index < -0.39 is 0 Å². The summed E-state index contributed by atoms with van der Waals surface area (Å²) in [5.74, 6) is 1.95. The first-order valence-electron chi connectivity index (χ1n) is 7.51. The van der Waals surface area contributed by atoms with Gasteiger partial charge in [-0.3, -0.25) is 9.58 Å². The van der Waals surface area contributed by atoms with Gasteiger partial charge in [0, 0.05) is 32.6 Å². The molecule has 1 saturated heterocycles. The van der Waals surface area contributed by atoms with Gasteiger partial charge in [-0.2, -0.15) is 10.1 Å². The fraction of sp³-hybridized carbons (Fsp3) is 0.643. The molecule has 120 valence electrons. The monoisotopic (exact) mass is 324 g/mol. The van der Waals surface area contributed by atoms with E-state index in [1.165, 1.54) is 18.5 Å². The van der Waals surface area contributed by atoms with Crippen molar-refractivity contribution in [3.63, 3.8) is 0 Å². The van der Waals surface area contributed by atoms with Gasteiger partial charge in [0.15, 0.2) is 5.82 Å². The molecule has 1 aliphatic heterocycles. The lowest BCUT2D eigenvalue weighted by Gasteiger charge is -2.30. The average Bonchev–Trinajstić information content (AvgIpc) is 3.07. The zero-order chi connectivity index (χ0) is 14.4. The highest BCUT2D eigenvalue weighted by Gasteiger charge is 2.32. The normalized spacial score (nSPS) is 22.5. The van der Waals surface area contributed by atoms with Crippen LogP contribution in [0.3, 0.4) is 0 Å². The van der Waals surface area contributed by atoms with Gasteiger partial charge in [-0.05, 0) is 19.9 Å². The van der Waals surface area contributed by atoms with E-state index in [-0.39, 0.29) is 18.4 Å². The summed E-state index contributed by atoms with van der Waals surface area (Å²) in [5.41, 5.74) is 2.21. The molecule has 2 aromatic rings. The lowest BCUT2D eigenvalue weighted by molar-refractivity contribution is 0.190. The standard InChI is InChI=1S/C14H20N6O.ClH/c1-19-6-5-15-8-11(19)13-17-14(21-18-13)10-7-16-20(2)12(10)9-3-4-9;/h7,9,11,15H,3-6,8H2,1-2H3;1H. The smallest absolute Gasteiger partial charge is 0.261 e. The van der Waals surface area contributed by atoms with Crippen molar-refractivity contribution in [2.24, 2.45) is 7.05 Å². The van der Waals surface area contributed by atoms with Crippen molar-refractivity contribution in [2.45, 2.75) is 24.8 Å². The van der Waals surface area contributed by atoms with Crippen LogP contribution in [0.5, 0.6) is 0 Å². The van der Waals surface area contributed by atoms with E-state index in [2.05, 4.69) is 32.5 Å². The number of piperazine rings is 1. The number of hydrogen-bond acceptors (Lipinski definition) is 6. The minimum Gasteiger partial charge on any atom is -0.334 e. The van der Waals surface area contributed by atoms with E-state index in [1.54, 1.807) is 0 Å². The molecular weight excluding hydrogens is 304 g/mol. The molecule has 1 saturated carbocycles. The summed E-state index contributed by atoms with van der Waals surface area (Å²) < 4.78 is 7.45. The number of rotatable bonds is 3. The Morgan fingerprint density at radius 3 is 2.86 bits per heavy atom. The minimum absolute atomic E-state index is 0. The highest BCUT2D eigenvalue weighted by atomic mass is 35.5. The molecule has 7 nitrogen and oxygen atoms in total. The van der Waals surface area contributed by atoms with Gasteiger partial charge in [0.05, 0.1) is 23.5 Å². The van der Waals surface area contributed by atoms with Gasteiger partial charge in [0.1, 0.15) is 0 Å². The van der Waals surface area contributed by atoms with Crippen molar-refractivity contribution in [2.75, 3.05) is 26.7 Å². The highest BCUT2D eigenvalue weighted by Crippen LogP contribution is 2.43. The molecule has 0 aromatic carbocycles. The van der Waals surface area contributed by atoms with Crippen molar-refractivity contribution in [1.82, 2.24) is 30.1 Å². The van der Waals surface area contributed by atoms with Crippen LogP contribution < -0.4 is 5.32 Å². The van der Waals surface area contributed by atoms with Gasteiger partial charge in [0.2, 0.25) is 0 Å². The largest absolute Gasteiger partial charge is 0.334 e. The number of nitrogens with zero attached hydrogens (tertiary/aromatic N) is 5. The van der Waals surface area contributed by atoms with Crippen molar-refractivity contribution in [3.8, 4) is 11.5 Å². The van der Waals surface area contributed by atoms with E-state index in [0.29, 0.717) is 11.8 Å². The molecule has 2 fully saturated rings. The van der Waals surface area contributed by atoms with Gasteiger partial charge in [0.25, 0.3) is 5.89 Å². The minimum atomic E-state index is 0. The molecule has 2 aliphatic rings. The lowest BCUT2D eigenvalue weighted by Crippen LogP contribution is -2.44. The first kappa shape index (κ1) is 15.5. The van der Waals surface area contributed by atoms with E-state index >= 15 is 0 Å². The van der Waals surface area contributed by atoms with Crippen LogP contribution in [0.25, 0.3) is 11.5 Å². The topological polar surface area (TPSA) is 72.0 Å². The Balaban J connectivity index is 0.00000144. The Bertz CT molecular complexity index is 650. The second-order valence-electron chi connectivity index (χ2n) is 6.00. The third-order valence-electron chi connectivity index (χ3n) is 4.43. The molecule has 0 amide bonds. The molecule has 22 heavy (non-hydrogen) atoms. The van der Waals surface area contributed by atoms with Crippen molar-refractivity contribution in [3.05, 3.63) is 17.7 Å². The second-order valence-corrected chi connectivity index (χ2v) is 6.00. The van der Waals surface area contributed by atoms with Crippen LogP contribution in [-0.2, 0) is 7.05 Å². The number of hydrogen-bond donors (Lipinski definition) is 1. The van der Waals surface area contributed by atoms with Crippen LogP contribution in [0.4, 0.5) is 0 Å². The molecule has 0 spiro atoms. The predicted octanol–water partition coefficient (Wildman–Crippen LogP) is 1.35. The average molecular weight is 325 g/mol. The summed E-state index contributed by atoms with van der Waals surface area (Å²) in [6.07, 6.45) is 4.29. The van der Waals surface area contributed by atoms with Crippen LogP contribution in [0.15, 0.2) is 10.7 Å². The third kappa shape index (κ3) is 2.64. The van der Waals surface area contributed by atoms with Crippen LogP contribution in [0.1, 0.15) is 36.3 Å². The summed E-state index contributed by atoms with van der Waals surface area (Å²) in [5, 5.41) is 11.9. The van der Waals surface area contributed by atoms with Gasteiger partial charge < -0.3 is 9.84 Å². The quantitative estimate of drug-likeness (QED) is 0.918. The maximum atomic E-state index is 5.52. The Morgan fingerprint density at radius 2 is 2.14 bits per heavy atom. The zero-order valence-corrected chi connectivity index (χ0v) is 13.6. The summed E-state index contributed by atoms with van der Waals surface area (Å²) >= 11 is 0. The Kier molecular flexibility index (Phi) is 4.20. The van der Waals surface area contributed by atoms with Crippen LogP contribution >= 0.6 is 12.4 Å². The number of halogens is 1. The van der Waals surface area contributed by atoms with E-state index in [9.17, 15) is 0 Å². The number of nitrogens with one attached hydrogen (secondary N) is 1. The molecule has 1 aliphatic carbocycles.